The topological polar surface area (TPSA) is 71.8 Å². The Morgan fingerprint density at radius 1 is 1.23 bits per heavy atom. The lowest BCUT2D eigenvalue weighted by molar-refractivity contribution is -0.123. The minimum Gasteiger partial charge on any atom is -0.483 e. The Bertz CT molecular complexity index is 981. The standard InChI is InChI=1S/C25H34N2O4/c1-3-7-18-14-24(29)31-25-17(2)22(11-10-20(18)25)30-16-23(28)26-15-19-8-6-13-27-12-5-4-9-21(19)27/h10-11,14,19,21H,3-9,12-13,15-16H2,1-2H3,(H,26,28)/t19-,21+/m0/s1. The normalized spacial score (nSPS) is 21.6. The van der Waals surface area contributed by atoms with Gasteiger partial charge in [-0.15, -0.1) is 0 Å². The molecule has 0 unspecified atom stereocenters. The maximum Gasteiger partial charge on any atom is 0.336 e. The van der Waals surface area contributed by atoms with Crippen LogP contribution in [0.4, 0.5) is 0 Å². The van der Waals surface area contributed by atoms with Crippen molar-refractivity contribution in [2.75, 3.05) is 26.2 Å². The number of hydrogen-bond donors (Lipinski definition) is 1. The molecule has 3 heterocycles. The molecule has 4 rings (SSSR count). The number of aryl methyl sites for hydroxylation is 2. The lowest BCUT2D eigenvalue weighted by Gasteiger charge is -2.44. The number of benzene rings is 1. The van der Waals surface area contributed by atoms with Crippen molar-refractivity contribution in [2.24, 2.45) is 5.92 Å². The van der Waals surface area contributed by atoms with E-state index in [1.54, 1.807) is 6.07 Å². The molecule has 0 bridgehead atoms. The number of fused-ring (bicyclic) bond motifs is 2. The van der Waals surface area contributed by atoms with Crippen LogP contribution >= 0.6 is 0 Å². The number of ether oxygens (including phenoxy) is 1. The molecule has 2 aliphatic heterocycles. The summed E-state index contributed by atoms with van der Waals surface area (Å²) in [5, 5.41) is 4.02. The molecule has 2 saturated heterocycles. The van der Waals surface area contributed by atoms with Gasteiger partial charge >= 0.3 is 5.63 Å². The molecule has 1 amide bonds. The maximum absolute atomic E-state index is 12.5. The van der Waals surface area contributed by atoms with E-state index >= 15 is 0 Å². The van der Waals surface area contributed by atoms with E-state index in [9.17, 15) is 9.59 Å². The molecule has 2 aliphatic rings. The van der Waals surface area contributed by atoms with Gasteiger partial charge in [0.25, 0.3) is 5.91 Å². The van der Waals surface area contributed by atoms with Crippen molar-refractivity contribution in [1.29, 1.82) is 0 Å². The van der Waals surface area contributed by atoms with E-state index in [0.717, 1.165) is 35.9 Å². The van der Waals surface area contributed by atoms with Crippen molar-refractivity contribution in [2.45, 2.75) is 64.8 Å². The van der Waals surface area contributed by atoms with Gasteiger partial charge < -0.3 is 19.4 Å². The van der Waals surface area contributed by atoms with E-state index in [4.69, 9.17) is 9.15 Å². The fourth-order valence-corrected chi connectivity index (χ4v) is 5.30. The minimum atomic E-state index is -0.349. The van der Waals surface area contributed by atoms with Crippen LogP contribution in [0.2, 0.25) is 0 Å². The zero-order valence-corrected chi connectivity index (χ0v) is 18.7. The second-order valence-electron chi connectivity index (χ2n) is 9.00. The summed E-state index contributed by atoms with van der Waals surface area (Å²) in [5.74, 6) is 1.01. The molecule has 1 N–H and O–H groups in total. The Balaban J connectivity index is 1.37. The van der Waals surface area contributed by atoms with Crippen LogP contribution in [0, 0.1) is 12.8 Å². The van der Waals surface area contributed by atoms with Gasteiger partial charge in [0, 0.05) is 29.6 Å². The first kappa shape index (κ1) is 21.9. The third-order valence-electron chi connectivity index (χ3n) is 6.87. The van der Waals surface area contributed by atoms with Crippen LogP contribution in [0.25, 0.3) is 11.0 Å². The van der Waals surface area contributed by atoms with Crippen LogP contribution in [0.15, 0.2) is 27.4 Å². The largest absolute Gasteiger partial charge is 0.483 e. The van der Waals surface area contributed by atoms with E-state index in [2.05, 4.69) is 17.1 Å². The van der Waals surface area contributed by atoms with Crippen LogP contribution in [-0.4, -0.2) is 43.1 Å². The summed E-state index contributed by atoms with van der Waals surface area (Å²) in [6.45, 7) is 7.04. The lowest BCUT2D eigenvalue weighted by Crippen LogP contribution is -2.51. The molecular weight excluding hydrogens is 392 g/mol. The van der Waals surface area contributed by atoms with Gasteiger partial charge in [0.1, 0.15) is 11.3 Å². The number of amides is 1. The Morgan fingerprint density at radius 3 is 2.90 bits per heavy atom. The van der Waals surface area contributed by atoms with Gasteiger partial charge in [0.15, 0.2) is 6.61 Å². The highest BCUT2D eigenvalue weighted by atomic mass is 16.5. The average Bonchev–Trinajstić information content (AvgIpc) is 2.78. The van der Waals surface area contributed by atoms with Crippen LogP contribution in [0.3, 0.4) is 0 Å². The van der Waals surface area contributed by atoms with Gasteiger partial charge in [0.2, 0.25) is 0 Å². The molecule has 168 valence electrons. The molecule has 0 radical (unpaired) electrons. The van der Waals surface area contributed by atoms with Gasteiger partial charge in [-0.25, -0.2) is 4.79 Å². The highest BCUT2D eigenvalue weighted by molar-refractivity contribution is 5.85. The molecule has 1 aromatic carbocycles. The second kappa shape index (κ2) is 9.86. The van der Waals surface area contributed by atoms with Crippen molar-refractivity contribution in [3.63, 3.8) is 0 Å². The number of nitrogens with zero attached hydrogens (tertiary/aromatic N) is 1. The molecule has 6 nitrogen and oxygen atoms in total. The molecule has 31 heavy (non-hydrogen) atoms. The van der Waals surface area contributed by atoms with Crippen molar-refractivity contribution >= 4 is 16.9 Å². The number of hydrogen-bond acceptors (Lipinski definition) is 5. The molecule has 1 aromatic heterocycles. The first-order chi connectivity index (χ1) is 15.1. The lowest BCUT2D eigenvalue weighted by atomic mass is 9.83. The summed E-state index contributed by atoms with van der Waals surface area (Å²) in [5.41, 5.74) is 1.95. The Kier molecular flexibility index (Phi) is 6.96. The predicted octanol–water partition coefficient (Wildman–Crippen LogP) is 3.81. The van der Waals surface area contributed by atoms with Crippen molar-refractivity contribution in [1.82, 2.24) is 10.2 Å². The summed E-state index contributed by atoms with van der Waals surface area (Å²) in [6, 6.07) is 5.97. The zero-order chi connectivity index (χ0) is 21.8. The van der Waals surface area contributed by atoms with Crippen LogP contribution in [-0.2, 0) is 11.2 Å². The SMILES string of the molecule is CCCc1cc(=O)oc2c(C)c(OCC(=O)NC[C@@H]3CCCN4CCCC[C@H]34)ccc12. The highest BCUT2D eigenvalue weighted by Gasteiger charge is 2.32. The van der Waals surface area contributed by atoms with Gasteiger partial charge in [-0.1, -0.05) is 19.8 Å². The van der Waals surface area contributed by atoms with Crippen molar-refractivity contribution in [3.05, 3.63) is 39.7 Å². The first-order valence-electron chi connectivity index (χ1n) is 11.8. The van der Waals surface area contributed by atoms with Gasteiger partial charge in [-0.3, -0.25) is 4.79 Å². The predicted molar refractivity (Wildman–Crippen MR) is 122 cm³/mol. The Morgan fingerprint density at radius 2 is 2.06 bits per heavy atom. The summed E-state index contributed by atoms with van der Waals surface area (Å²) >= 11 is 0. The molecule has 2 fully saturated rings. The quantitative estimate of drug-likeness (QED) is 0.682. The van der Waals surface area contributed by atoms with E-state index < -0.39 is 0 Å². The van der Waals surface area contributed by atoms with Crippen molar-refractivity contribution in [3.8, 4) is 5.75 Å². The maximum atomic E-state index is 12.5. The van der Waals surface area contributed by atoms with E-state index in [0.29, 0.717) is 23.3 Å². The first-order valence-corrected chi connectivity index (χ1v) is 11.8. The Labute approximate surface area is 183 Å². The highest BCUT2D eigenvalue weighted by Crippen LogP contribution is 2.31. The molecule has 0 aliphatic carbocycles. The van der Waals surface area contributed by atoms with Gasteiger partial charge in [0.05, 0.1) is 0 Å². The number of carbonyl (C=O) groups excluding carboxylic acids is 1. The molecule has 6 heteroatoms. The smallest absolute Gasteiger partial charge is 0.336 e. The number of rotatable bonds is 7. The van der Waals surface area contributed by atoms with E-state index in [-0.39, 0.29) is 18.1 Å². The summed E-state index contributed by atoms with van der Waals surface area (Å²) in [7, 11) is 0. The average molecular weight is 427 g/mol. The number of nitrogens with one attached hydrogen (secondary N) is 1. The summed E-state index contributed by atoms with van der Waals surface area (Å²) < 4.78 is 11.3. The fraction of sp³-hybridized carbons (Fsp3) is 0.600. The van der Waals surface area contributed by atoms with Gasteiger partial charge in [-0.2, -0.15) is 0 Å². The number of carbonyl (C=O) groups is 1. The molecular formula is C25H34N2O4. The second-order valence-corrected chi connectivity index (χ2v) is 9.00. The van der Waals surface area contributed by atoms with E-state index in [1.807, 2.05) is 19.1 Å². The van der Waals surface area contributed by atoms with Crippen LogP contribution in [0.1, 0.15) is 56.6 Å². The molecule has 2 atom stereocenters. The summed E-state index contributed by atoms with van der Waals surface area (Å²) in [4.78, 5) is 27.0. The van der Waals surface area contributed by atoms with Crippen LogP contribution < -0.4 is 15.7 Å². The van der Waals surface area contributed by atoms with Crippen LogP contribution in [0.5, 0.6) is 5.75 Å². The number of piperidine rings is 2. The monoisotopic (exact) mass is 426 g/mol. The van der Waals surface area contributed by atoms with Crippen molar-refractivity contribution < 1.29 is 13.9 Å². The summed E-state index contributed by atoms with van der Waals surface area (Å²) in [6.07, 6.45) is 8.03. The zero-order valence-electron chi connectivity index (χ0n) is 18.7. The third-order valence-corrected chi connectivity index (χ3v) is 6.87. The minimum absolute atomic E-state index is 0.0354. The molecule has 0 spiro atoms. The molecule has 2 aromatic rings. The third kappa shape index (κ3) is 4.95. The Hall–Kier alpha value is -2.34. The van der Waals surface area contributed by atoms with Gasteiger partial charge in [-0.05, 0) is 75.7 Å². The fourth-order valence-electron chi connectivity index (χ4n) is 5.30. The van der Waals surface area contributed by atoms with E-state index in [1.165, 1.54) is 45.2 Å². The molecule has 0 saturated carbocycles.